The van der Waals surface area contributed by atoms with Crippen molar-refractivity contribution in [2.45, 2.75) is 38.7 Å². The second-order valence-corrected chi connectivity index (χ2v) is 4.29. The minimum Gasteiger partial charge on any atom is -0.367 e. The lowest BCUT2D eigenvalue weighted by molar-refractivity contribution is 0.146. The Kier molecular flexibility index (Phi) is 3.31. The summed E-state index contributed by atoms with van der Waals surface area (Å²) in [6.07, 6.45) is 2.10. The molecule has 1 aliphatic carbocycles. The molecule has 0 aromatic carbocycles. The molecule has 88 valence electrons. The van der Waals surface area contributed by atoms with Crippen molar-refractivity contribution in [3.63, 3.8) is 0 Å². The van der Waals surface area contributed by atoms with Crippen LogP contribution in [0.25, 0.3) is 0 Å². The van der Waals surface area contributed by atoms with Gasteiger partial charge < -0.3 is 5.32 Å². The molecule has 2 unspecified atom stereocenters. The number of nitrogens with one attached hydrogen (secondary N) is 1. The van der Waals surface area contributed by atoms with E-state index in [0.717, 1.165) is 6.42 Å². The van der Waals surface area contributed by atoms with Gasteiger partial charge in [-0.3, -0.25) is 0 Å². The van der Waals surface area contributed by atoms with Gasteiger partial charge in [-0.25, -0.2) is 18.7 Å². The molecule has 1 aromatic rings. The Morgan fingerprint density at radius 3 is 2.81 bits per heavy atom. The zero-order valence-electron chi connectivity index (χ0n) is 9.16. The van der Waals surface area contributed by atoms with Crippen molar-refractivity contribution in [2.24, 2.45) is 5.92 Å². The molecule has 1 heterocycles. The Morgan fingerprint density at radius 1 is 1.38 bits per heavy atom. The first-order valence-electron chi connectivity index (χ1n) is 5.53. The summed E-state index contributed by atoms with van der Waals surface area (Å²) in [5, 5.41) is 3.20. The van der Waals surface area contributed by atoms with Crippen LogP contribution in [0, 0.1) is 5.92 Å². The monoisotopic (exact) mass is 227 g/mol. The zero-order valence-corrected chi connectivity index (χ0v) is 9.16. The van der Waals surface area contributed by atoms with Crippen LogP contribution >= 0.6 is 0 Å². The molecule has 3 nitrogen and oxygen atoms in total. The second kappa shape index (κ2) is 4.72. The van der Waals surface area contributed by atoms with E-state index < -0.39 is 6.43 Å². The number of hydrogen-bond acceptors (Lipinski definition) is 3. The van der Waals surface area contributed by atoms with Crippen LogP contribution in [0.1, 0.15) is 38.3 Å². The number of anilines is 1. The first-order chi connectivity index (χ1) is 7.66. The third-order valence-corrected chi connectivity index (χ3v) is 3.11. The lowest BCUT2D eigenvalue weighted by Crippen LogP contribution is -2.22. The van der Waals surface area contributed by atoms with Crippen LogP contribution in [-0.4, -0.2) is 16.0 Å². The summed E-state index contributed by atoms with van der Waals surface area (Å²) >= 11 is 0. The van der Waals surface area contributed by atoms with E-state index in [1.54, 1.807) is 0 Å². The maximum atomic E-state index is 12.4. The molecule has 1 saturated carbocycles. The fourth-order valence-corrected chi connectivity index (χ4v) is 2.12. The maximum absolute atomic E-state index is 12.4. The Bertz CT molecular complexity index is 357. The summed E-state index contributed by atoms with van der Waals surface area (Å²) < 4.78 is 24.8. The number of hydrogen-bond donors (Lipinski definition) is 1. The third-order valence-electron chi connectivity index (χ3n) is 3.11. The molecule has 0 bridgehead atoms. The van der Waals surface area contributed by atoms with Crippen LogP contribution in [0.15, 0.2) is 12.4 Å². The lowest BCUT2D eigenvalue weighted by atomic mass is 10.1. The van der Waals surface area contributed by atoms with Gasteiger partial charge in [0, 0.05) is 12.1 Å². The fourth-order valence-electron chi connectivity index (χ4n) is 2.12. The number of halogens is 2. The Hall–Kier alpha value is -1.26. The van der Waals surface area contributed by atoms with Crippen molar-refractivity contribution in [1.29, 1.82) is 0 Å². The van der Waals surface area contributed by atoms with Gasteiger partial charge in [0.25, 0.3) is 6.43 Å². The molecule has 1 aliphatic rings. The first-order valence-corrected chi connectivity index (χ1v) is 5.53. The van der Waals surface area contributed by atoms with Crippen LogP contribution in [0.4, 0.5) is 14.6 Å². The average molecular weight is 227 g/mol. The quantitative estimate of drug-likeness (QED) is 0.862. The maximum Gasteiger partial charge on any atom is 0.280 e. The minimum atomic E-state index is -2.54. The molecule has 2 rings (SSSR count). The van der Waals surface area contributed by atoms with Crippen LogP contribution in [0.3, 0.4) is 0 Å². The molecule has 0 radical (unpaired) electrons. The largest absolute Gasteiger partial charge is 0.367 e. The molecule has 16 heavy (non-hydrogen) atoms. The van der Waals surface area contributed by atoms with Gasteiger partial charge in [0.2, 0.25) is 0 Å². The summed E-state index contributed by atoms with van der Waals surface area (Å²) in [6, 6.07) is 1.68. The molecule has 2 atom stereocenters. The average Bonchev–Trinajstić information content (AvgIpc) is 2.65. The molecule has 0 saturated heterocycles. The third kappa shape index (κ3) is 2.46. The summed E-state index contributed by atoms with van der Waals surface area (Å²) in [4.78, 5) is 7.50. The fraction of sp³-hybridized carbons (Fsp3) is 0.636. The number of aromatic nitrogens is 2. The van der Waals surface area contributed by atoms with E-state index >= 15 is 0 Å². The highest BCUT2D eigenvalue weighted by atomic mass is 19.3. The smallest absolute Gasteiger partial charge is 0.280 e. The Labute approximate surface area is 93.3 Å². The van der Waals surface area contributed by atoms with E-state index in [-0.39, 0.29) is 5.69 Å². The summed E-state index contributed by atoms with van der Waals surface area (Å²) in [6.45, 7) is 2.17. The van der Waals surface area contributed by atoms with Gasteiger partial charge in [-0.15, -0.1) is 0 Å². The molecule has 0 amide bonds. The molecule has 0 aliphatic heterocycles. The normalized spacial score (nSPS) is 25.0. The van der Waals surface area contributed by atoms with Gasteiger partial charge in [0.1, 0.15) is 17.8 Å². The SMILES string of the molecule is CC1CCCC1Nc1cc(C(F)F)ncn1. The highest BCUT2D eigenvalue weighted by Gasteiger charge is 2.23. The first kappa shape index (κ1) is 11.2. The van der Waals surface area contributed by atoms with E-state index in [0.29, 0.717) is 17.8 Å². The summed E-state index contributed by atoms with van der Waals surface area (Å²) in [5.41, 5.74) is -0.219. The van der Waals surface area contributed by atoms with E-state index in [2.05, 4.69) is 22.2 Å². The van der Waals surface area contributed by atoms with Gasteiger partial charge in [0.05, 0.1) is 0 Å². The van der Waals surface area contributed by atoms with Gasteiger partial charge in [0.15, 0.2) is 0 Å². The highest BCUT2D eigenvalue weighted by molar-refractivity contribution is 5.36. The Morgan fingerprint density at radius 2 is 2.19 bits per heavy atom. The second-order valence-electron chi connectivity index (χ2n) is 4.29. The van der Waals surface area contributed by atoms with E-state index in [9.17, 15) is 8.78 Å². The predicted molar refractivity (Wildman–Crippen MR) is 57.4 cm³/mol. The molecular weight excluding hydrogens is 212 g/mol. The predicted octanol–water partition coefficient (Wildman–Crippen LogP) is 3.01. The molecule has 5 heteroatoms. The van der Waals surface area contributed by atoms with Crippen molar-refractivity contribution in [3.05, 3.63) is 18.1 Å². The topological polar surface area (TPSA) is 37.8 Å². The van der Waals surface area contributed by atoms with Crippen molar-refractivity contribution < 1.29 is 8.78 Å². The summed E-state index contributed by atoms with van der Waals surface area (Å²) in [7, 11) is 0. The van der Waals surface area contributed by atoms with Gasteiger partial charge in [-0.05, 0) is 18.8 Å². The standard InChI is InChI=1S/C11H15F2N3/c1-7-3-2-4-8(7)16-10-5-9(11(12)13)14-6-15-10/h5-8,11H,2-4H2,1H3,(H,14,15,16). The lowest BCUT2D eigenvalue weighted by Gasteiger charge is -2.17. The molecule has 1 N–H and O–H groups in total. The van der Waals surface area contributed by atoms with Gasteiger partial charge >= 0.3 is 0 Å². The van der Waals surface area contributed by atoms with E-state index in [1.165, 1.54) is 25.2 Å². The van der Waals surface area contributed by atoms with Crippen LogP contribution in [0.2, 0.25) is 0 Å². The Balaban J connectivity index is 2.06. The van der Waals surface area contributed by atoms with Crippen molar-refractivity contribution in [3.8, 4) is 0 Å². The number of alkyl halides is 2. The van der Waals surface area contributed by atoms with Crippen LogP contribution in [0.5, 0.6) is 0 Å². The highest BCUT2D eigenvalue weighted by Crippen LogP contribution is 2.28. The summed E-state index contributed by atoms with van der Waals surface area (Å²) in [5.74, 6) is 1.08. The van der Waals surface area contributed by atoms with Gasteiger partial charge in [-0.1, -0.05) is 13.3 Å². The minimum absolute atomic E-state index is 0.219. The van der Waals surface area contributed by atoms with E-state index in [4.69, 9.17) is 0 Å². The number of rotatable bonds is 3. The van der Waals surface area contributed by atoms with Crippen LogP contribution in [-0.2, 0) is 0 Å². The zero-order chi connectivity index (χ0) is 11.5. The van der Waals surface area contributed by atoms with Crippen molar-refractivity contribution >= 4 is 5.82 Å². The van der Waals surface area contributed by atoms with Gasteiger partial charge in [-0.2, -0.15) is 0 Å². The van der Waals surface area contributed by atoms with Crippen LogP contribution < -0.4 is 5.32 Å². The molecule has 0 spiro atoms. The number of nitrogens with zero attached hydrogens (tertiary/aromatic N) is 2. The van der Waals surface area contributed by atoms with Crippen molar-refractivity contribution in [1.82, 2.24) is 9.97 Å². The van der Waals surface area contributed by atoms with E-state index in [1.807, 2.05) is 0 Å². The molecular formula is C11H15F2N3. The molecule has 1 fully saturated rings. The molecule has 1 aromatic heterocycles. The van der Waals surface area contributed by atoms with Crippen molar-refractivity contribution in [2.75, 3.05) is 5.32 Å².